The fourth-order valence-corrected chi connectivity index (χ4v) is 3.03. The van der Waals surface area contributed by atoms with Crippen LogP contribution in [0.5, 0.6) is 0 Å². The molecule has 0 amide bonds. The molecule has 1 heterocycles. The van der Waals surface area contributed by atoms with E-state index in [-0.39, 0.29) is 5.41 Å². The molecule has 1 aromatic heterocycles. The Labute approximate surface area is 122 Å². The van der Waals surface area contributed by atoms with Gasteiger partial charge in [-0.25, -0.2) is 0 Å². The Balaban J connectivity index is 1.88. The van der Waals surface area contributed by atoms with E-state index in [2.05, 4.69) is 24.0 Å². The molecule has 4 nitrogen and oxygen atoms in total. The lowest BCUT2D eigenvalue weighted by atomic mass is 9.84. The lowest BCUT2D eigenvalue weighted by molar-refractivity contribution is 0.288. The summed E-state index contributed by atoms with van der Waals surface area (Å²) in [5, 5.41) is 4.22. The molecule has 0 unspecified atom stereocenters. The zero-order valence-electron chi connectivity index (χ0n) is 13.0. The molecule has 2 rings (SSSR count). The minimum Gasteiger partial charge on any atom is -0.339 e. The summed E-state index contributed by atoms with van der Waals surface area (Å²) in [5.74, 6) is 2.26. The van der Waals surface area contributed by atoms with Crippen LogP contribution in [0.4, 0.5) is 0 Å². The van der Waals surface area contributed by atoms with E-state index in [4.69, 9.17) is 10.3 Å². The van der Waals surface area contributed by atoms with Gasteiger partial charge in [-0.2, -0.15) is 4.98 Å². The summed E-state index contributed by atoms with van der Waals surface area (Å²) in [4.78, 5) is 4.63. The number of rotatable bonds is 6. The highest BCUT2D eigenvalue weighted by molar-refractivity contribution is 4.96. The topological polar surface area (TPSA) is 64.9 Å². The standard InChI is InChI=1S/C16H29N3O/c1-16(2,11-12-17)10-9-14-18-15(19-20-14)13-7-5-3-4-6-8-13/h13H,3-12,17H2,1-2H3. The van der Waals surface area contributed by atoms with Gasteiger partial charge in [0.1, 0.15) is 0 Å². The zero-order chi connectivity index (χ0) is 14.4. The number of hydrogen-bond donors (Lipinski definition) is 1. The van der Waals surface area contributed by atoms with E-state index >= 15 is 0 Å². The van der Waals surface area contributed by atoms with Gasteiger partial charge in [0, 0.05) is 12.3 Å². The van der Waals surface area contributed by atoms with Crippen molar-refractivity contribution in [2.75, 3.05) is 6.54 Å². The highest BCUT2D eigenvalue weighted by Gasteiger charge is 2.22. The smallest absolute Gasteiger partial charge is 0.226 e. The minimum atomic E-state index is 0.256. The molecule has 0 saturated heterocycles. The molecule has 1 saturated carbocycles. The largest absolute Gasteiger partial charge is 0.339 e. The quantitative estimate of drug-likeness (QED) is 0.804. The predicted octanol–water partition coefficient (Wildman–Crippen LogP) is 3.82. The van der Waals surface area contributed by atoms with Crippen molar-refractivity contribution in [1.29, 1.82) is 0 Å². The van der Waals surface area contributed by atoms with E-state index < -0.39 is 0 Å². The Kier molecular flexibility index (Phi) is 5.58. The Morgan fingerprint density at radius 3 is 2.50 bits per heavy atom. The van der Waals surface area contributed by atoms with E-state index in [0.717, 1.165) is 37.5 Å². The molecule has 2 N–H and O–H groups in total. The second-order valence-corrected chi connectivity index (χ2v) is 6.94. The summed E-state index contributed by atoms with van der Waals surface area (Å²) in [7, 11) is 0. The lowest BCUT2D eigenvalue weighted by Crippen LogP contribution is -2.17. The van der Waals surface area contributed by atoms with Gasteiger partial charge in [0.15, 0.2) is 5.82 Å². The molecular formula is C16H29N3O. The summed E-state index contributed by atoms with van der Waals surface area (Å²) in [6.07, 6.45) is 10.7. The van der Waals surface area contributed by atoms with E-state index in [1.807, 2.05) is 0 Å². The fourth-order valence-electron chi connectivity index (χ4n) is 3.03. The van der Waals surface area contributed by atoms with Crippen molar-refractivity contribution in [1.82, 2.24) is 10.1 Å². The monoisotopic (exact) mass is 279 g/mol. The van der Waals surface area contributed by atoms with Crippen LogP contribution in [0.1, 0.15) is 82.8 Å². The number of aromatic nitrogens is 2. The van der Waals surface area contributed by atoms with Crippen molar-refractivity contribution < 1.29 is 4.52 Å². The van der Waals surface area contributed by atoms with Gasteiger partial charge in [-0.15, -0.1) is 0 Å². The summed E-state index contributed by atoms with van der Waals surface area (Å²) < 4.78 is 5.44. The van der Waals surface area contributed by atoms with Gasteiger partial charge in [0.05, 0.1) is 0 Å². The molecule has 1 fully saturated rings. The maximum atomic E-state index is 5.65. The van der Waals surface area contributed by atoms with Gasteiger partial charge in [0.2, 0.25) is 5.89 Å². The Hall–Kier alpha value is -0.900. The average Bonchev–Trinajstić information content (AvgIpc) is 2.71. The molecule has 0 atom stereocenters. The summed E-state index contributed by atoms with van der Waals surface area (Å²) in [6.45, 7) is 5.25. The van der Waals surface area contributed by atoms with Crippen LogP contribution in [-0.2, 0) is 6.42 Å². The molecule has 0 aromatic carbocycles. The molecule has 1 aliphatic carbocycles. The first-order valence-corrected chi connectivity index (χ1v) is 8.13. The molecule has 0 radical (unpaired) electrons. The van der Waals surface area contributed by atoms with Crippen molar-refractivity contribution in [3.63, 3.8) is 0 Å². The Morgan fingerprint density at radius 1 is 1.15 bits per heavy atom. The van der Waals surface area contributed by atoms with Gasteiger partial charge >= 0.3 is 0 Å². The van der Waals surface area contributed by atoms with Crippen LogP contribution in [0.3, 0.4) is 0 Å². The van der Waals surface area contributed by atoms with Gasteiger partial charge in [-0.3, -0.25) is 0 Å². The normalized spacial score (nSPS) is 18.1. The Bertz CT molecular complexity index is 392. The van der Waals surface area contributed by atoms with E-state index in [1.165, 1.54) is 38.5 Å². The first kappa shape index (κ1) is 15.5. The van der Waals surface area contributed by atoms with Crippen molar-refractivity contribution in [3.05, 3.63) is 11.7 Å². The van der Waals surface area contributed by atoms with Crippen molar-refractivity contribution in [2.45, 2.75) is 77.6 Å². The molecule has 1 aromatic rings. The fraction of sp³-hybridized carbons (Fsp3) is 0.875. The third kappa shape index (κ3) is 4.58. The van der Waals surface area contributed by atoms with Crippen molar-refractivity contribution in [2.24, 2.45) is 11.1 Å². The second kappa shape index (κ2) is 7.21. The van der Waals surface area contributed by atoms with E-state index in [0.29, 0.717) is 5.92 Å². The minimum absolute atomic E-state index is 0.256. The molecule has 0 spiro atoms. The van der Waals surface area contributed by atoms with Crippen LogP contribution in [0.2, 0.25) is 0 Å². The van der Waals surface area contributed by atoms with Gasteiger partial charge in [-0.05, 0) is 37.6 Å². The molecule has 114 valence electrons. The van der Waals surface area contributed by atoms with Crippen LogP contribution in [0, 0.1) is 5.41 Å². The second-order valence-electron chi connectivity index (χ2n) is 6.94. The number of nitrogens with zero attached hydrogens (tertiary/aromatic N) is 2. The number of aryl methyl sites for hydroxylation is 1. The Morgan fingerprint density at radius 2 is 1.85 bits per heavy atom. The summed E-state index contributed by atoms with van der Waals surface area (Å²) >= 11 is 0. The summed E-state index contributed by atoms with van der Waals surface area (Å²) in [6, 6.07) is 0. The van der Waals surface area contributed by atoms with Gasteiger partial charge < -0.3 is 10.3 Å². The molecule has 1 aliphatic rings. The van der Waals surface area contributed by atoms with Gasteiger partial charge in [-0.1, -0.05) is 44.7 Å². The maximum absolute atomic E-state index is 5.65. The van der Waals surface area contributed by atoms with Crippen LogP contribution < -0.4 is 5.73 Å². The van der Waals surface area contributed by atoms with E-state index in [9.17, 15) is 0 Å². The first-order chi connectivity index (χ1) is 9.61. The van der Waals surface area contributed by atoms with Crippen LogP contribution in [0.25, 0.3) is 0 Å². The molecule has 4 heteroatoms. The average molecular weight is 279 g/mol. The summed E-state index contributed by atoms with van der Waals surface area (Å²) in [5.41, 5.74) is 5.90. The highest BCUT2D eigenvalue weighted by Crippen LogP contribution is 2.30. The molecule has 0 aliphatic heterocycles. The number of hydrogen-bond acceptors (Lipinski definition) is 4. The number of nitrogens with two attached hydrogens (primary N) is 1. The van der Waals surface area contributed by atoms with Crippen LogP contribution in [-0.4, -0.2) is 16.7 Å². The van der Waals surface area contributed by atoms with E-state index in [1.54, 1.807) is 0 Å². The highest BCUT2D eigenvalue weighted by atomic mass is 16.5. The lowest BCUT2D eigenvalue weighted by Gasteiger charge is -2.22. The molecule has 0 bridgehead atoms. The third-order valence-electron chi connectivity index (χ3n) is 4.54. The maximum Gasteiger partial charge on any atom is 0.226 e. The molecular weight excluding hydrogens is 250 g/mol. The molecule has 20 heavy (non-hydrogen) atoms. The predicted molar refractivity (Wildman–Crippen MR) is 80.5 cm³/mol. The van der Waals surface area contributed by atoms with Crippen LogP contribution in [0.15, 0.2) is 4.52 Å². The SMILES string of the molecule is CC(C)(CCN)CCc1nc(C2CCCCCC2)no1. The third-order valence-corrected chi connectivity index (χ3v) is 4.54. The zero-order valence-corrected chi connectivity index (χ0v) is 13.0. The van der Waals surface area contributed by atoms with Gasteiger partial charge in [0.25, 0.3) is 0 Å². The first-order valence-electron chi connectivity index (χ1n) is 8.13. The van der Waals surface area contributed by atoms with Crippen molar-refractivity contribution >= 4 is 0 Å². The van der Waals surface area contributed by atoms with Crippen LogP contribution >= 0.6 is 0 Å². The van der Waals surface area contributed by atoms with Crippen molar-refractivity contribution in [3.8, 4) is 0 Å².